The molecule has 3 heteroatoms. The van der Waals surface area contributed by atoms with E-state index in [0.717, 1.165) is 26.2 Å². The van der Waals surface area contributed by atoms with Gasteiger partial charge in [-0.15, -0.1) is 0 Å². The molecule has 0 bridgehead atoms. The standard InChI is InChI=1S/C10H22N2O/c1-8(6-11)9(2)12(3)10-4-5-13-7-10/h8-10H,4-7,11H2,1-3H3. The van der Waals surface area contributed by atoms with E-state index >= 15 is 0 Å². The van der Waals surface area contributed by atoms with Gasteiger partial charge in [0, 0.05) is 18.7 Å². The molecule has 0 saturated carbocycles. The Morgan fingerprint density at radius 3 is 2.69 bits per heavy atom. The second kappa shape index (κ2) is 4.94. The van der Waals surface area contributed by atoms with Crippen molar-refractivity contribution in [1.29, 1.82) is 0 Å². The average Bonchev–Trinajstić information content (AvgIpc) is 2.67. The van der Waals surface area contributed by atoms with Crippen LogP contribution in [0.1, 0.15) is 20.3 Å². The largest absolute Gasteiger partial charge is 0.380 e. The number of hydrogen-bond donors (Lipinski definition) is 1. The molecule has 0 spiro atoms. The molecule has 3 nitrogen and oxygen atoms in total. The third-order valence-electron chi connectivity index (χ3n) is 3.32. The van der Waals surface area contributed by atoms with Crippen LogP contribution < -0.4 is 5.73 Å². The predicted octanol–water partition coefficient (Wildman–Crippen LogP) is 0.690. The van der Waals surface area contributed by atoms with E-state index < -0.39 is 0 Å². The fourth-order valence-electron chi connectivity index (χ4n) is 1.77. The number of likely N-dealkylation sites (N-methyl/N-ethyl adjacent to an activating group) is 1. The summed E-state index contributed by atoms with van der Waals surface area (Å²) in [4.78, 5) is 2.41. The molecule has 78 valence electrons. The van der Waals surface area contributed by atoms with Crippen molar-refractivity contribution in [2.24, 2.45) is 11.7 Å². The third kappa shape index (κ3) is 2.66. The van der Waals surface area contributed by atoms with Crippen LogP contribution in [0.3, 0.4) is 0 Å². The molecule has 1 aliphatic rings. The smallest absolute Gasteiger partial charge is 0.0622 e. The van der Waals surface area contributed by atoms with Gasteiger partial charge in [0.2, 0.25) is 0 Å². The number of nitrogens with two attached hydrogens (primary N) is 1. The Bertz CT molecular complexity index is 146. The van der Waals surface area contributed by atoms with Gasteiger partial charge in [-0.25, -0.2) is 0 Å². The molecule has 1 rings (SSSR count). The topological polar surface area (TPSA) is 38.5 Å². The van der Waals surface area contributed by atoms with Crippen LogP contribution in [0.2, 0.25) is 0 Å². The maximum Gasteiger partial charge on any atom is 0.0622 e. The summed E-state index contributed by atoms with van der Waals surface area (Å²) in [7, 11) is 2.18. The van der Waals surface area contributed by atoms with Crippen LogP contribution >= 0.6 is 0 Å². The predicted molar refractivity (Wildman–Crippen MR) is 54.7 cm³/mol. The van der Waals surface area contributed by atoms with E-state index in [1.165, 1.54) is 0 Å². The Morgan fingerprint density at radius 2 is 2.23 bits per heavy atom. The highest BCUT2D eigenvalue weighted by Gasteiger charge is 2.25. The minimum Gasteiger partial charge on any atom is -0.380 e. The maximum absolute atomic E-state index is 5.65. The zero-order valence-electron chi connectivity index (χ0n) is 8.99. The lowest BCUT2D eigenvalue weighted by Gasteiger charge is -2.33. The third-order valence-corrected chi connectivity index (χ3v) is 3.32. The molecule has 0 radical (unpaired) electrons. The van der Waals surface area contributed by atoms with Crippen LogP contribution in [0.4, 0.5) is 0 Å². The van der Waals surface area contributed by atoms with E-state index in [2.05, 4.69) is 25.8 Å². The van der Waals surface area contributed by atoms with Gasteiger partial charge in [0.25, 0.3) is 0 Å². The lowest BCUT2D eigenvalue weighted by atomic mass is 10.0. The van der Waals surface area contributed by atoms with Crippen molar-refractivity contribution in [3.05, 3.63) is 0 Å². The number of ether oxygens (including phenoxy) is 1. The van der Waals surface area contributed by atoms with Crippen LogP contribution in [0, 0.1) is 5.92 Å². The van der Waals surface area contributed by atoms with Gasteiger partial charge in [-0.1, -0.05) is 6.92 Å². The quantitative estimate of drug-likeness (QED) is 0.702. The molecular formula is C10H22N2O. The first kappa shape index (κ1) is 11.0. The van der Waals surface area contributed by atoms with E-state index in [4.69, 9.17) is 10.5 Å². The van der Waals surface area contributed by atoms with Crippen molar-refractivity contribution in [3.63, 3.8) is 0 Å². The zero-order valence-corrected chi connectivity index (χ0v) is 8.99. The van der Waals surface area contributed by atoms with Crippen LogP contribution in [-0.4, -0.2) is 43.8 Å². The highest BCUT2D eigenvalue weighted by atomic mass is 16.5. The first-order valence-electron chi connectivity index (χ1n) is 5.16. The van der Waals surface area contributed by atoms with E-state index in [9.17, 15) is 0 Å². The van der Waals surface area contributed by atoms with Gasteiger partial charge in [-0.2, -0.15) is 0 Å². The molecule has 1 saturated heterocycles. The number of nitrogens with zero attached hydrogens (tertiary/aromatic N) is 1. The Morgan fingerprint density at radius 1 is 1.54 bits per heavy atom. The molecule has 3 unspecified atom stereocenters. The van der Waals surface area contributed by atoms with Gasteiger partial charge in [0.1, 0.15) is 0 Å². The Labute approximate surface area is 81.2 Å². The van der Waals surface area contributed by atoms with Gasteiger partial charge in [0.15, 0.2) is 0 Å². The van der Waals surface area contributed by atoms with Crippen molar-refractivity contribution in [1.82, 2.24) is 4.90 Å². The van der Waals surface area contributed by atoms with E-state index in [-0.39, 0.29) is 0 Å². The normalized spacial score (nSPS) is 27.9. The number of rotatable bonds is 4. The van der Waals surface area contributed by atoms with Crippen LogP contribution in [-0.2, 0) is 4.74 Å². The molecule has 0 aromatic heterocycles. The summed E-state index contributed by atoms with van der Waals surface area (Å²) in [6.07, 6.45) is 1.16. The van der Waals surface area contributed by atoms with Crippen LogP contribution in [0.25, 0.3) is 0 Å². The summed E-state index contributed by atoms with van der Waals surface area (Å²) in [5.74, 6) is 0.561. The van der Waals surface area contributed by atoms with Crippen LogP contribution in [0.5, 0.6) is 0 Å². The summed E-state index contributed by atoms with van der Waals surface area (Å²) in [6.45, 7) is 7.02. The summed E-state index contributed by atoms with van der Waals surface area (Å²) in [5.41, 5.74) is 5.65. The molecular weight excluding hydrogens is 164 g/mol. The highest BCUT2D eigenvalue weighted by Crippen LogP contribution is 2.17. The van der Waals surface area contributed by atoms with E-state index in [1.807, 2.05) is 0 Å². The van der Waals surface area contributed by atoms with Crippen molar-refractivity contribution >= 4 is 0 Å². The summed E-state index contributed by atoms with van der Waals surface area (Å²) in [5, 5.41) is 0. The SMILES string of the molecule is CC(CN)C(C)N(C)C1CCOC1. The summed E-state index contributed by atoms with van der Waals surface area (Å²) in [6, 6.07) is 1.15. The fraction of sp³-hybridized carbons (Fsp3) is 1.00. The van der Waals surface area contributed by atoms with Crippen molar-refractivity contribution < 1.29 is 4.74 Å². The average molecular weight is 186 g/mol. The molecule has 1 heterocycles. The lowest BCUT2D eigenvalue weighted by molar-refractivity contribution is 0.117. The number of hydrogen-bond acceptors (Lipinski definition) is 3. The van der Waals surface area contributed by atoms with Crippen molar-refractivity contribution in [2.45, 2.75) is 32.4 Å². The van der Waals surface area contributed by atoms with Crippen LogP contribution in [0.15, 0.2) is 0 Å². The molecule has 1 aliphatic heterocycles. The highest BCUT2D eigenvalue weighted by molar-refractivity contribution is 4.79. The molecule has 13 heavy (non-hydrogen) atoms. The van der Waals surface area contributed by atoms with Gasteiger partial charge in [-0.05, 0) is 32.9 Å². The minimum absolute atomic E-state index is 0.552. The van der Waals surface area contributed by atoms with Gasteiger partial charge < -0.3 is 10.5 Å². The Balaban J connectivity index is 2.40. The maximum atomic E-state index is 5.65. The Kier molecular flexibility index (Phi) is 4.16. The van der Waals surface area contributed by atoms with Gasteiger partial charge in [0.05, 0.1) is 6.61 Å². The molecule has 2 N–H and O–H groups in total. The second-order valence-corrected chi connectivity index (χ2v) is 4.14. The summed E-state index contributed by atoms with van der Waals surface area (Å²) < 4.78 is 5.37. The van der Waals surface area contributed by atoms with Gasteiger partial charge in [-0.3, -0.25) is 4.90 Å². The molecule has 3 atom stereocenters. The minimum atomic E-state index is 0.552. The summed E-state index contributed by atoms with van der Waals surface area (Å²) >= 11 is 0. The lowest BCUT2D eigenvalue weighted by Crippen LogP contribution is -2.44. The first-order valence-corrected chi connectivity index (χ1v) is 5.16. The molecule has 0 aromatic carbocycles. The first-order chi connectivity index (χ1) is 6.16. The van der Waals surface area contributed by atoms with E-state index in [0.29, 0.717) is 18.0 Å². The molecule has 0 aromatic rings. The monoisotopic (exact) mass is 186 g/mol. The van der Waals surface area contributed by atoms with Crippen molar-refractivity contribution in [2.75, 3.05) is 26.8 Å². The van der Waals surface area contributed by atoms with E-state index in [1.54, 1.807) is 0 Å². The van der Waals surface area contributed by atoms with Crippen molar-refractivity contribution in [3.8, 4) is 0 Å². The van der Waals surface area contributed by atoms with Gasteiger partial charge >= 0.3 is 0 Å². The fourth-order valence-corrected chi connectivity index (χ4v) is 1.77. The molecule has 0 amide bonds. The molecule has 1 fully saturated rings. The molecule has 0 aliphatic carbocycles. The Hall–Kier alpha value is -0.120. The second-order valence-electron chi connectivity index (χ2n) is 4.14. The zero-order chi connectivity index (χ0) is 9.84.